The van der Waals surface area contributed by atoms with Crippen LogP contribution in [0.4, 0.5) is 0 Å². The number of hydrogen-bond donors (Lipinski definition) is 1. The number of hydrogen-bond acceptors (Lipinski definition) is 3. The highest BCUT2D eigenvalue weighted by Gasteiger charge is 2.07. The molecule has 0 aromatic heterocycles. The highest BCUT2D eigenvalue weighted by molar-refractivity contribution is 6.36. The largest absolute Gasteiger partial charge is 0.493 e. The van der Waals surface area contributed by atoms with Gasteiger partial charge in [0.25, 0.3) is 0 Å². The standard InChI is InChI=1S/C15H21Cl2NO2/c1-3-7-19-14-6-5-12(10-18-4-2)15(8-14)20-11-13(17)9-16/h5-6,8-9,18H,3-4,7,10-11H2,1-2H3. The Kier molecular flexibility index (Phi) is 8.51. The van der Waals surface area contributed by atoms with Gasteiger partial charge in [-0.2, -0.15) is 0 Å². The number of halogens is 2. The third-order valence-corrected chi connectivity index (χ3v) is 3.15. The van der Waals surface area contributed by atoms with E-state index in [2.05, 4.69) is 19.2 Å². The van der Waals surface area contributed by atoms with Gasteiger partial charge in [-0.25, -0.2) is 0 Å². The van der Waals surface area contributed by atoms with Crippen LogP contribution >= 0.6 is 23.2 Å². The molecule has 1 aromatic rings. The first-order valence-electron chi connectivity index (χ1n) is 6.75. The average molecular weight is 318 g/mol. The molecule has 0 heterocycles. The second kappa shape index (κ2) is 9.92. The van der Waals surface area contributed by atoms with Gasteiger partial charge in [0, 0.05) is 23.7 Å². The molecular weight excluding hydrogens is 297 g/mol. The van der Waals surface area contributed by atoms with E-state index in [1.165, 1.54) is 5.54 Å². The molecule has 0 spiro atoms. The molecular formula is C15H21Cl2NO2. The smallest absolute Gasteiger partial charge is 0.128 e. The number of rotatable bonds is 9. The zero-order chi connectivity index (χ0) is 14.8. The van der Waals surface area contributed by atoms with Crippen molar-refractivity contribution in [1.82, 2.24) is 5.32 Å². The summed E-state index contributed by atoms with van der Waals surface area (Å²) in [5.74, 6) is 1.56. The lowest BCUT2D eigenvalue weighted by Crippen LogP contribution is -2.13. The fourth-order valence-electron chi connectivity index (χ4n) is 1.56. The maximum Gasteiger partial charge on any atom is 0.128 e. The molecule has 0 aliphatic rings. The third kappa shape index (κ3) is 6.04. The van der Waals surface area contributed by atoms with E-state index in [1.54, 1.807) is 0 Å². The van der Waals surface area contributed by atoms with Gasteiger partial charge in [0.1, 0.15) is 18.1 Å². The Bertz CT molecular complexity index is 436. The molecule has 0 aliphatic carbocycles. The molecule has 0 saturated heterocycles. The molecule has 1 aromatic carbocycles. The van der Waals surface area contributed by atoms with Gasteiger partial charge in [-0.15, -0.1) is 0 Å². The van der Waals surface area contributed by atoms with E-state index < -0.39 is 0 Å². The molecule has 0 unspecified atom stereocenters. The highest BCUT2D eigenvalue weighted by Crippen LogP contribution is 2.26. The van der Waals surface area contributed by atoms with Gasteiger partial charge in [-0.05, 0) is 19.0 Å². The molecule has 0 atom stereocenters. The van der Waals surface area contributed by atoms with Crippen LogP contribution in [-0.4, -0.2) is 19.8 Å². The second-order valence-corrected chi connectivity index (χ2v) is 4.95. The normalized spacial score (nSPS) is 11.5. The van der Waals surface area contributed by atoms with Gasteiger partial charge in [-0.1, -0.05) is 43.1 Å². The second-order valence-electron chi connectivity index (χ2n) is 4.24. The monoisotopic (exact) mass is 317 g/mol. The molecule has 1 N–H and O–H groups in total. The van der Waals surface area contributed by atoms with Crippen LogP contribution in [0.1, 0.15) is 25.8 Å². The van der Waals surface area contributed by atoms with Crippen LogP contribution in [0.5, 0.6) is 11.5 Å². The van der Waals surface area contributed by atoms with Crippen LogP contribution in [0.3, 0.4) is 0 Å². The minimum Gasteiger partial charge on any atom is -0.493 e. The SMILES string of the molecule is CCCOc1ccc(CNCC)c(OCC(Cl)=CCl)c1. The van der Waals surface area contributed by atoms with Gasteiger partial charge >= 0.3 is 0 Å². The van der Waals surface area contributed by atoms with Crippen molar-refractivity contribution < 1.29 is 9.47 Å². The number of nitrogens with one attached hydrogen (secondary N) is 1. The molecule has 3 nitrogen and oxygen atoms in total. The van der Waals surface area contributed by atoms with Crippen molar-refractivity contribution in [2.24, 2.45) is 0 Å². The summed E-state index contributed by atoms with van der Waals surface area (Å²) in [6.45, 7) is 6.71. The van der Waals surface area contributed by atoms with Gasteiger partial charge in [0.05, 0.1) is 11.6 Å². The molecule has 0 aliphatic heterocycles. The highest BCUT2D eigenvalue weighted by atomic mass is 35.5. The van der Waals surface area contributed by atoms with Crippen molar-refractivity contribution in [1.29, 1.82) is 0 Å². The summed E-state index contributed by atoms with van der Waals surface area (Å²) in [6.07, 6.45) is 0.968. The lowest BCUT2D eigenvalue weighted by atomic mass is 10.2. The number of ether oxygens (including phenoxy) is 2. The molecule has 1 rings (SSSR count). The fourth-order valence-corrected chi connectivity index (χ4v) is 1.68. The van der Waals surface area contributed by atoms with Gasteiger partial charge in [0.2, 0.25) is 0 Å². The van der Waals surface area contributed by atoms with Gasteiger partial charge < -0.3 is 14.8 Å². The predicted molar refractivity (Wildman–Crippen MR) is 84.9 cm³/mol. The first-order valence-corrected chi connectivity index (χ1v) is 7.56. The Morgan fingerprint density at radius 1 is 1.30 bits per heavy atom. The van der Waals surface area contributed by atoms with E-state index in [-0.39, 0.29) is 6.61 Å². The van der Waals surface area contributed by atoms with Crippen molar-refractivity contribution in [3.8, 4) is 11.5 Å². The van der Waals surface area contributed by atoms with Crippen molar-refractivity contribution >= 4 is 23.2 Å². The minimum atomic E-state index is 0.251. The maximum atomic E-state index is 5.85. The van der Waals surface area contributed by atoms with E-state index in [9.17, 15) is 0 Å². The molecule has 0 fully saturated rings. The fraction of sp³-hybridized carbons (Fsp3) is 0.467. The third-order valence-electron chi connectivity index (χ3n) is 2.56. The van der Waals surface area contributed by atoms with E-state index in [4.69, 9.17) is 32.7 Å². The topological polar surface area (TPSA) is 30.5 Å². The summed E-state index contributed by atoms with van der Waals surface area (Å²) in [4.78, 5) is 0. The van der Waals surface area contributed by atoms with E-state index in [1.807, 2.05) is 18.2 Å². The molecule has 20 heavy (non-hydrogen) atoms. The summed E-state index contributed by atoms with van der Waals surface area (Å²) in [5, 5.41) is 3.73. The summed E-state index contributed by atoms with van der Waals surface area (Å²) < 4.78 is 11.3. The molecule has 0 amide bonds. The van der Waals surface area contributed by atoms with Crippen LogP contribution in [0.15, 0.2) is 28.8 Å². The molecule has 0 saturated carbocycles. The lowest BCUT2D eigenvalue weighted by Gasteiger charge is -2.14. The van der Waals surface area contributed by atoms with Crippen molar-refractivity contribution in [3.63, 3.8) is 0 Å². The summed E-state index contributed by atoms with van der Waals surface area (Å²) in [7, 11) is 0. The quantitative estimate of drug-likeness (QED) is 0.737. The van der Waals surface area contributed by atoms with Crippen LogP contribution in [0.2, 0.25) is 0 Å². The summed E-state index contributed by atoms with van der Waals surface area (Å²) in [6, 6.07) is 5.84. The number of benzene rings is 1. The van der Waals surface area contributed by atoms with Gasteiger partial charge in [-0.3, -0.25) is 0 Å². The first kappa shape index (κ1) is 17.2. The van der Waals surface area contributed by atoms with Crippen LogP contribution in [0.25, 0.3) is 0 Å². The van der Waals surface area contributed by atoms with Crippen molar-refractivity contribution in [2.45, 2.75) is 26.8 Å². The zero-order valence-corrected chi connectivity index (χ0v) is 13.4. The Hall–Kier alpha value is -0.900. The van der Waals surface area contributed by atoms with Gasteiger partial charge in [0.15, 0.2) is 0 Å². The summed E-state index contributed by atoms with van der Waals surface area (Å²) in [5.41, 5.74) is 2.37. The first-order chi connectivity index (χ1) is 9.71. The van der Waals surface area contributed by atoms with Crippen LogP contribution in [0, 0.1) is 0 Å². The average Bonchev–Trinajstić information content (AvgIpc) is 2.49. The Balaban J connectivity index is 2.81. The Labute approximate surface area is 130 Å². The molecule has 0 radical (unpaired) electrons. The molecule has 0 bridgehead atoms. The predicted octanol–water partition coefficient (Wildman–Crippen LogP) is 4.28. The van der Waals surface area contributed by atoms with Crippen molar-refractivity contribution in [2.75, 3.05) is 19.8 Å². The van der Waals surface area contributed by atoms with Crippen LogP contribution in [-0.2, 0) is 6.54 Å². The van der Waals surface area contributed by atoms with Crippen LogP contribution < -0.4 is 14.8 Å². The molecule has 112 valence electrons. The molecule has 5 heteroatoms. The maximum absolute atomic E-state index is 5.85. The zero-order valence-electron chi connectivity index (χ0n) is 11.9. The van der Waals surface area contributed by atoms with E-state index >= 15 is 0 Å². The minimum absolute atomic E-state index is 0.251. The lowest BCUT2D eigenvalue weighted by molar-refractivity contribution is 0.310. The van der Waals surface area contributed by atoms with Crippen molar-refractivity contribution in [3.05, 3.63) is 34.3 Å². The van der Waals surface area contributed by atoms with E-state index in [0.717, 1.165) is 36.6 Å². The Morgan fingerprint density at radius 3 is 2.75 bits per heavy atom. The summed E-state index contributed by atoms with van der Waals surface area (Å²) >= 11 is 11.4. The van der Waals surface area contributed by atoms with E-state index in [0.29, 0.717) is 11.6 Å². The Morgan fingerprint density at radius 2 is 2.10 bits per heavy atom.